The normalized spacial score (nSPS) is 12.4. The van der Waals surface area contributed by atoms with Crippen LogP contribution < -0.4 is 8.79 Å². The Morgan fingerprint density at radius 2 is 1.04 bits per heavy atom. The molecule has 7 heteroatoms. The van der Waals surface area contributed by atoms with Crippen molar-refractivity contribution in [3.05, 3.63) is 23.0 Å². The average Bonchev–Trinajstić information content (AvgIpc) is 2.70. The van der Waals surface area contributed by atoms with Gasteiger partial charge < -0.3 is 0 Å². The maximum absolute atomic E-state index is 16.2. The molecular weight excluding hydrogens is 484 g/mol. The van der Waals surface area contributed by atoms with Gasteiger partial charge in [0.25, 0.3) is 0 Å². The average molecular weight is 521 g/mol. The van der Waals surface area contributed by atoms with E-state index in [4.69, 9.17) is 0 Å². The van der Waals surface area contributed by atoms with E-state index >= 15 is 13.2 Å². The van der Waals surface area contributed by atoms with Crippen molar-refractivity contribution in [3.8, 4) is 0 Å². The van der Waals surface area contributed by atoms with Crippen LogP contribution in [-0.2, 0) is 0 Å². The van der Waals surface area contributed by atoms with Crippen molar-refractivity contribution in [1.29, 1.82) is 0 Å². The monoisotopic (exact) mass is 523 g/mol. The molecule has 0 heterocycles. The summed E-state index contributed by atoms with van der Waals surface area (Å²) < 4.78 is 47.4. The minimum atomic E-state index is -3.15. The van der Waals surface area contributed by atoms with Gasteiger partial charge in [-0.05, 0) is 0 Å². The molecule has 160 valence electrons. The van der Waals surface area contributed by atoms with Gasteiger partial charge in [-0.2, -0.15) is 0 Å². The second-order valence-corrected chi connectivity index (χ2v) is 29.7. The summed E-state index contributed by atoms with van der Waals surface area (Å²) in [6.45, 7) is 11.9. The molecule has 0 atom stereocenters. The van der Waals surface area contributed by atoms with Crippen molar-refractivity contribution in [3.63, 3.8) is 0 Å². The predicted octanol–water partition coefficient (Wildman–Crippen LogP) is 5.24. The fraction of sp³-hybridized carbons (Fsp3) is 0.667. The number of rotatable bonds is 9. The summed E-state index contributed by atoms with van der Waals surface area (Å²) in [5.41, 5.74) is -0.339. The molecule has 0 aliphatic heterocycles. The third-order valence-electron chi connectivity index (χ3n) is 7.06. The Labute approximate surface area is 174 Å². The summed E-state index contributed by atoms with van der Waals surface area (Å²) in [5, 5.41) is 4.33. The standard InChI is InChI=1S/C21H36F3Ge2NO/c1-9-25(10-2,11-3)19-15(21(28)27(7)8)16(22)17(23)20(18(19)24)26(12-4,13-5)14-6/h9-14H2,1-8H3. The summed E-state index contributed by atoms with van der Waals surface area (Å²) >= 11 is -6.27. The Kier molecular flexibility index (Phi) is 9.19. The van der Waals surface area contributed by atoms with Crippen LogP contribution in [0.5, 0.6) is 0 Å². The Morgan fingerprint density at radius 3 is 1.36 bits per heavy atom. The van der Waals surface area contributed by atoms with E-state index in [1.807, 2.05) is 41.5 Å². The van der Waals surface area contributed by atoms with E-state index in [1.54, 1.807) is 0 Å². The molecule has 2 nitrogen and oxygen atoms in total. The minimum absolute atomic E-state index is 0.0423. The first kappa shape index (κ1) is 25.6. The fourth-order valence-corrected chi connectivity index (χ4v) is 21.2. The molecule has 0 spiro atoms. The van der Waals surface area contributed by atoms with E-state index in [2.05, 4.69) is 0 Å². The summed E-state index contributed by atoms with van der Waals surface area (Å²) in [5.74, 6) is -3.43. The molecular formula is C21H36F3Ge2NO. The van der Waals surface area contributed by atoms with Gasteiger partial charge in [0.05, 0.1) is 0 Å². The molecule has 0 unspecified atom stereocenters. The third kappa shape index (κ3) is 4.07. The second-order valence-electron chi connectivity index (χ2n) is 7.95. The van der Waals surface area contributed by atoms with Gasteiger partial charge in [0.2, 0.25) is 0 Å². The molecule has 0 aliphatic carbocycles. The fourth-order valence-electron chi connectivity index (χ4n) is 4.61. The Hall–Kier alpha value is -0.434. The number of nitrogens with zero attached hydrogens (tertiary/aromatic N) is 1. The molecule has 0 bridgehead atoms. The quantitative estimate of drug-likeness (QED) is 0.322. The molecule has 0 saturated carbocycles. The van der Waals surface area contributed by atoms with E-state index in [0.717, 1.165) is 15.8 Å². The van der Waals surface area contributed by atoms with Gasteiger partial charge in [0.1, 0.15) is 0 Å². The van der Waals surface area contributed by atoms with Gasteiger partial charge in [0, 0.05) is 0 Å². The van der Waals surface area contributed by atoms with Crippen molar-refractivity contribution in [2.75, 3.05) is 14.1 Å². The van der Waals surface area contributed by atoms with Gasteiger partial charge in [-0.1, -0.05) is 0 Å². The number of halogens is 3. The zero-order chi connectivity index (χ0) is 21.9. The molecule has 0 N–H and O–H groups in total. The Balaban J connectivity index is 4.23. The van der Waals surface area contributed by atoms with Crippen molar-refractivity contribution < 1.29 is 18.0 Å². The summed E-state index contributed by atoms with van der Waals surface area (Å²) in [6, 6.07) is 0. The molecule has 0 saturated heterocycles. The predicted molar refractivity (Wildman–Crippen MR) is 118 cm³/mol. The number of carbonyl (C=O) groups is 1. The first-order chi connectivity index (χ1) is 13.1. The van der Waals surface area contributed by atoms with Gasteiger partial charge in [0.15, 0.2) is 0 Å². The van der Waals surface area contributed by atoms with Crippen LogP contribution in [0.4, 0.5) is 13.2 Å². The first-order valence-electron chi connectivity index (χ1n) is 10.5. The zero-order valence-corrected chi connectivity index (χ0v) is 22.9. The van der Waals surface area contributed by atoms with Gasteiger partial charge in [-0.3, -0.25) is 0 Å². The molecule has 0 radical (unpaired) electrons. The third-order valence-corrected chi connectivity index (χ3v) is 30.5. The van der Waals surface area contributed by atoms with E-state index < -0.39 is 49.9 Å². The SMILES string of the molecule is C[CH2][Ge]([CH2]C)([CH2]C)[c]1c(F)c(F)c(C(=O)N(C)C)[c]([Ge]([CH2]C)([CH2]C)[CH2]C)c1F. The first-order valence-corrected chi connectivity index (χ1v) is 21.5. The van der Waals surface area contributed by atoms with E-state index in [1.165, 1.54) is 19.0 Å². The van der Waals surface area contributed by atoms with Crippen LogP contribution in [0.15, 0.2) is 0 Å². The molecule has 1 rings (SSSR count). The van der Waals surface area contributed by atoms with Crippen LogP contribution in [0.25, 0.3) is 0 Å². The number of hydrogen-bond donors (Lipinski definition) is 0. The topological polar surface area (TPSA) is 20.3 Å². The number of benzene rings is 1. The van der Waals surface area contributed by atoms with Crippen molar-refractivity contribution >= 4 is 41.2 Å². The molecule has 0 aliphatic rings. The van der Waals surface area contributed by atoms with Gasteiger partial charge >= 0.3 is 174 Å². The van der Waals surface area contributed by atoms with E-state index in [9.17, 15) is 4.79 Å². The van der Waals surface area contributed by atoms with Crippen molar-refractivity contribution in [2.24, 2.45) is 0 Å². The van der Waals surface area contributed by atoms with Crippen molar-refractivity contribution in [1.82, 2.24) is 4.90 Å². The van der Waals surface area contributed by atoms with E-state index in [-0.39, 0.29) is 14.4 Å². The van der Waals surface area contributed by atoms with Crippen LogP contribution in [0.3, 0.4) is 0 Å². The van der Waals surface area contributed by atoms with Crippen LogP contribution in [-0.4, -0.2) is 51.4 Å². The second kappa shape index (κ2) is 10.1. The molecule has 1 aromatic rings. The maximum atomic E-state index is 16.2. The van der Waals surface area contributed by atoms with Crippen LogP contribution in [0.1, 0.15) is 51.9 Å². The van der Waals surface area contributed by atoms with E-state index in [0.29, 0.717) is 15.8 Å². The van der Waals surface area contributed by atoms with Gasteiger partial charge in [-0.15, -0.1) is 0 Å². The molecule has 1 amide bonds. The Morgan fingerprint density at radius 1 is 0.679 bits per heavy atom. The number of hydrogen-bond acceptors (Lipinski definition) is 1. The Bertz CT molecular complexity index is 698. The zero-order valence-electron chi connectivity index (χ0n) is 18.7. The van der Waals surface area contributed by atoms with Crippen LogP contribution in [0.2, 0.25) is 31.5 Å². The number of carbonyl (C=O) groups excluding carboxylic acids is 1. The van der Waals surface area contributed by atoms with Gasteiger partial charge in [-0.25, -0.2) is 0 Å². The van der Waals surface area contributed by atoms with Crippen molar-refractivity contribution in [2.45, 2.75) is 73.1 Å². The summed E-state index contributed by atoms with van der Waals surface area (Å²) in [7, 11) is 3.00. The summed E-state index contributed by atoms with van der Waals surface area (Å²) in [4.78, 5) is 14.1. The molecule has 28 heavy (non-hydrogen) atoms. The number of amides is 1. The van der Waals surface area contributed by atoms with Crippen LogP contribution >= 0.6 is 0 Å². The molecule has 1 aromatic carbocycles. The van der Waals surface area contributed by atoms with Crippen LogP contribution in [0, 0.1) is 17.5 Å². The summed E-state index contributed by atoms with van der Waals surface area (Å²) in [6.07, 6.45) is 0. The molecule has 0 fully saturated rings. The molecule has 0 aromatic heterocycles.